The molecule has 3 rings (SSSR count). The number of ether oxygens (including phenoxy) is 2. The first-order valence-corrected chi connectivity index (χ1v) is 6.59. The third-order valence-corrected chi connectivity index (χ3v) is 3.44. The number of hydrogen-bond donors (Lipinski definition) is 0. The standard InChI is InChI=1S/C17H13FO4/c1-20-11-5-3-10(4-6-11)12-9-13-14(22-17(12)19)7-8-15(21-2)16(13)18/h3-9H,1-2H3. The molecular formula is C17H13FO4. The summed E-state index contributed by atoms with van der Waals surface area (Å²) in [5.41, 5.74) is 0.559. The Labute approximate surface area is 125 Å². The summed E-state index contributed by atoms with van der Waals surface area (Å²) in [7, 11) is 2.94. The first-order valence-electron chi connectivity index (χ1n) is 6.59. The predicted octanol–water partition coefficient (Wildman–Crippen LogP) is 3.62. The lowest BCUT2D eigenvalue weighted by atomic mass is 10.1. The highest BCUT2D eigenvalue weighted by atomic mass is 19.1. The van der Waals surface area contributed by atoms with Crippen LogP contribution in [0.15, 0.2) is 51.7 Å². The van der Waals surface area contributed by atoms with Gasteiger partial charge in [0, 0.05) is 0 Å². The van der Waals surface area contributed by atoms with E-state index >= 15 is 0 Å². The third-order valence-electron chi connectivity index (χ3n) is 3.44. The summed E-state index contributed by atoms with van der Waals surface area (Å²) >= 11 is 0. The van der Waals surface area contributed by atoms with Gasteiger partial charge in [0.15, 0.2) is 11.6 Å². The Bertz CT molecular complexity index is 882. The molecule has 0 N–H and O–H groups in total. The molecule has 0 unspecified atom stereocenters. The molecule has 0 atom stereocenters. The number of fused-ring (bicyclic) bond motifs is 1. The van der Waals surface area contributed by atoms with Crippen LogP contribution < -0.4 is 15.1 Å². The Morgan fingerprint density at radius 1 is 1.00 bits per heavy atom. The van der Waals surface area contributed by atoms with Crippen LogP contribution in [0.1, 0.15) is 0 Å². The second-order valence-electron chi connectivity index (χ2n) is 4.67. The van der Waals surface area contributed by atoms with Gasteiger partial charge in [-0.3, -0.25) is 0 Å². The van der Waals surface area contributed by atoms with Crippen molar-refractivity contribution in [2.45, 2.75) is 0 Å². The lowest BCUT2D eigenvalue weighted by molar-refractivity contribution is 0.388. The van der Waals surface area contributed by atoms with Gasteiger partial charge in [-0.05, 0) is 35.9 Å². The molecule has 0 fully saturated rings. The maximum Gasteiger partial charge on any atom is 0.344 e. The summed E-state index contributed by atoms with van der Waals surface area (Å²) in [5, 5.41) is 0.199. The molecule has 0 aliphatic rings. The summed E-state index contributed by atoms with van der Waals surface area (Å²) < 4.78 is 29.5. The Balaban J connectivity index is 2.22. The molecule has 0 radical (unpaired) electrons. The molecule has 0 amide bonds. The minimum atomic E-state index is -0.557. The van der Waals surface area contributed by atoms with E-state index in [1.165, 1.54) is 25.3 Å². The van der Waals surface area contributed by atoms with E-state index in [-0.39, 0.29) is 22.3 Å². The highest BCUT2D eigenvalue weighted by molar-refractivity contribution is 5.83. The van der Waals surface area contributed by atoms with E-state index in [2.05, 4.69) is 0 Å². The fraction of sp³-hybridized carbons (Fsp3) is 0.118. The van der Waals surface area contributed by atoms with E-state index in [1.807, 2.05) is 0 Å². The Morgan fingerprint density at radius 3 is 2.36 bits per heavy atom. The molecule has 0 spiro atoms. The van der Waals surface area contributed by atoms with Crippen LogP contribution >= 0.6 is 0 Å². The summed E-state index contributed by atoms with van der Waals surface area (Å²) in [5.74, 6) is 0.210. The zero-order valence-corrected chi connectivity index (χ0v) is 12.1. The Hall–Kier alpha value is -2.82. The average Bonchev–Trinajstić information content (AvgIpc) is 2.55. The maximum atomic E-state index is 14.3. The van der Waals surface area contributed by atoms with Crippen molar-refractivity contribution in [3.63, 3.8) is 0 Å². The van der Waals surface area contributed by atoms with Crippen molar-refractivity contribution in [2.24, 2.45) is 0 Å². The lowest BCUT2D eigenvalue weighted by Crippen LogP contribution is -2.03. The van der Waals surface area contributed by atoms with Gasteiger partial charge in [-0.2, -0.15) is 0 Å². The fourth-order valence-corrected chi connectivity index (χ4v) is 2.27. The predicted molar refractivity (Wildman–Crippen MR) is 81.0 cm³/mol. The second kappa shape index (κ2) is 5.52. The van der Waals surface area contributed by atoms with E-state index in [1.54, 1.807) is 31.4 Å². The van der Waals surface area contributed by atoms with E-state index in [9.17, 15) is 9.18 Å². The summed E-state index contributed by atoms with van der Waals surface area (Å²) in [6.07, 6.45) is 0. The molecule has 112 valence electrons. The zero-order chi connectivity index (χ0) is 15.7. The molecule has 22 heavy (non-hydrogen) atoms. The fourth-order valence-electron chi connectivity index (χ4n) is 2.27. The molecule has 3 aromatic rings. The molecule has 0 bridgehead atoms. The van der Waals surface area contributed by atoms with E-state index in [4.69, 9.17) is 13.9 Å². The van der Waals surface area contributed by atoms with Crippen molar-refractivity contribution in [1.82, 2.24) is 0 Å². The van der Waals surface area contributed by atoms with E-state index in [0.29, 0.717) is 11.3 Å². The van der Waals surface area contributed by atoms with Gasteiger partial charge in [0.05, 0.1) is 25.2 Å². The van der Waals surface area contributed by atoms with Crippen LogP contribution in [0.4, 0.5) is 4.39 Å². The third kappa shape index (κ3) is 2.30. The Morgan fingerprint density at radius 2 is 1.73 bits per heavy atom. The molecule has 0 saturated carbocycles. The normalized spacial score (nSPS) is 10.7. The Kier molecular flexibility index (Phi) is 3.55. The van der Waals surface area contributed by atoms with Crippen molar-refractivity contribution < 1.29 is 18.3 Å². The van der Waals surface area contributed by atoms with Crippen LogP contribution in [0.3, 0.4) is 0 Å². The number of halogens is 1. The number of methoxy groups -OCH3 is 2. The van der Waals surface area contributed by atoms with Gasteiger partial charge in [-0.15, -0.1) is 0 Å². The molecule has 0 saturated heterocycles. The highest BCUT2D eigenvalue weighted by Gasteiger charge is 2.14. The number of rotatable bonds is 3. The van der Waals surface area contributed by atoms with Crippen LogP contribution in [-0.4, -0.2) is 14.2 Å². The van der Waals surface area contributed by atoms with Crippen molar-refractivity contribution in [3.05, 3.63) is 58.7 Å². The summed E-state index contributed by atoms with van der Waals surface area (Å²) in [4.78, 5) is 12.1. The molecule has 4 nitrogen and oxygen atoms in total. The van der Waals surface area contributed by atoms with Gasteiger partial charge >= 0.3 is 5.63 Å². The summed E-state index contributed by atoms with van der Waals surface area (Å²) in [6, 6.07) is 11.3. The zero-order valence-electron chi connectivity index (χ0n) is 12.1. The molecule has 5 heteroatoms. The van der Waals surface area contributed by atoms with Gasteiger partial charge in [0.1, 0.15) is 11.3 Å². The van der Waals surface area contributed by atoms with Crippen LogP contribution in [-0.2, 0) is 0 Å². The first kappa shape index (κ1) is 14.1. The van der Waals surface area contributed by atoms with E-state index in [0.717, 1.165) is 0 Å². The minimum Gasteiger partial charge on any atom is -0.497 e. The van der Waals surface area contributed by atoms with Gasteiger partial charge in [0.25, 0.3) is 0 Å². The van der Waals surface area contributed by atoms with Crippen LogP contribution in [0.25, 0.3) is 22.1 Å². The van der Waals surface area contributed by atoms with E-state index < -0.39 is 11.4 Å². The molecule has 1 aromatic heterocycles. The van der Waals surface area contributed by atoms with Gasteiger partial charge < -0.3 is 13.9 Å². The second-order valence-corrected chi connectivity index (χ2v) is 4.67. The van der Waals surface area contributed by atoms with Crippen LogP contribution in [0.2, 0.25) is 0 Å². The molecule has 0 aliphatic carbocycles. The quantitative estimate of drug-likeness (QED) is 0.693. The average molecular weight is 300 g/mol. The molecular weight excluding hydrogens is 287 g/mol. The van der Waals surface area contributed by atoms with Gasteiger partial charge in [0.2, 0.25) is 0 Å². The van der Waals surface area contributed by atoms with Crippen molar-refractivity contribution in [1.29, 1.82) is 0 Å². The van der Waals surface area contributed by atoms with Gasteiger partial charge in [-0.25, -0.2) is 9.18 Å². The van der Waals surface area contributed by atoms with Crippen LogP contribution in [0.5, 0.6) is 11.5 Å². The van der Waals surface area contributed by atoms with Gasteiger partial charge in [-0.1, -0.05) is 12.1 Å². The van der Waals surface area contributed by atoms with Crippen molar-refractivity contribution in [2.75, 3.05) is 14.2 Å². The smallest absolute Gasteiger partial charge is 0.344 e. The first-order chi connectivity index (χ1) is 10.6. The minimum absolute atomic E-state index is 0.0991. The SMILES string of the molecule is COc1ccc(-c2cc3c(F)c(OC)ccc3oc2=O)cc1. The largest absolute Gasteiger partial charge is 0.497 e. The van der Waals surface area contributed by atoms with Crippen molar-refractivity contribution >= 4 is 11.0 Å². The molecule has 2 aromatic carbocycles. The number of benzene rings is 2. The molecule has 1 heterocycles. The topological polar surface area (TPSA) is 48.7 Å². The monoisotopic (exact) mass is 300 g/mol. The maximum absolute atomic E-state index is 14.3. The van der Waals surface area contributed by atoms with Crippen LogP contribution in [0, 0.1) is 5.82 Å². The highest BCUT2D eigenvalue weighted by Crippen LogP contribution is 2.29. The lowest BCUT2D eigenvalue weighted by Gasteiger charge is -2.07. The summed E-state index contributed by atoms with van der Waals surface area (Å²) in [6.45, 7) is 0. The number of hydrogen-bond acceptors (Lipinski definition) is 4. The van der Waals surface area contributed by atoms with Crippen molar-refractivity contribution in [3.8, 4) is 22.6 Å². The molecule has 0 aliphatic heterocycles.